The first kappa shape index (κ1) is 21.6. The Morgan fingerprint density at radius 2 is 1.81 bits per heavy atom. The predicted molar refractivity (Wildman–Crippen MR) is 117 cm³/mol. The van der Waals surface area contributed by atoms with E-state index in [0.29, 0.717) is 17.2 Å². The van der Waals surface area contributed by atoms with Crippen LogP contribution in [0, 0.1) is 13.8 Å². The second-order valence-electron chi connectivity index (χ2n) is 6.92. The highest BCUT2D eigenvalue weighted by atomic mass is 16.3. The summed E-state index contributed by atoms with van der Waals surface area (Å²) in [4.78, 5) is 24.1. The number of benzene rings is 2. The molecule has 1 N–H and O–H groups in total. The first-order valence-corrected chi connectivity index (χ1v) is 9.49. The lowest BCUT2D eigenvalue weighted by Gasteiger charge is -1.99. The molecule has 0 spiro atoms. The Morgan fingerprint density at radius 3 is 2.42 bits per heavy atom. The molecule has 31 heavy (non-hydrogen) atoms. The highest BCUT2D eigenvalue weighted by Gasteiger charge is 2.11. The average Bonchev–Trinajstić information content (AvgIpc) is 3.00. The summed E-state index contributed by atoms with van der Waals surface area (Å²) in [5.74, 6) is -0.109. The zero-order valence-corrected chi connectivity index (χ0v) is 17.6. The molecule has 1 aromatic heterocycles. The third kappa shape index (κ3) is 5.08. The lowest BCUT2D eigenvalue weighted by atomic mass is 10.2. The highest BCUT2D eigenvalue weighted by Crippen LogP contribution is 2.16. The standard InChI is InChI=1S/C22H22N6O3/c1-14-6-5-7-20(12-14)28-22(31)27(17(4)26-28)23-13-18-8-10-19(11-9-18)24-25-21(15(2)29)16(3)30/h5-13,29H,1-4H3/b21-15-,23-13+,25-24?. The molecule has 0 amide bonds. The number of hydrogen-bond acceptors (Lipinski definition) is 7. The fraction of sp³-hybridized carbons (Fsp3) is 0.182. The maximum absolute atomic E-state index is 12.7. The quantitative estimate of drug-likeness (QED) is 0.282. The van der Waals surface area contributed by atoms with Crippen LogP contribution in [0.5, 0.6) is 0 Å². The van der Waals surface area contributed by atoms with Gasteiger partial charge in [-0.15, -0.1) is 10.2 Å². The number of carbonyl (C=O) groups is 1. The minimum Gasteiger partial charge on any atom is -0.510 e. The molecule has 0 unspecified atom stereocenters. The summed E-state index contributed by atoms with van der Waals surface area (Å²) in [5, 5.41) is 25.8. The van der Waals surface area contributed by atoms with Gasteiger partial charge in [-0.3, -0.25) is 4.79 Å². The molecule has 0 aliphatic rings. The molecule has 3 rings (SSSR count). The summed E-state index contributed by atoms with van der Waals surface area (Å²) in [7, 11) is 0. The van der Waals surface area contributed by atoms with Gasteiger partial charge in [0.1, 0.15) is 5.76 Å². The summed E-state index contributed by atoms with van der Waals surface area (Å²) in [5.41, 5.74) is 2.47. The second kappa shape index (κ2) is 9.12. The van der Waals surface area contributed by atoms with E-state index in [9.17, 15) is 14.7 Å². The number of aryl methyl sites for hydroxylation is 2. The van der Waals surface area contributed by atoms with Gasteiger partial charge >= 0.3 is 5.69 Å². The van der Waals surface area contributed by atoms with Gasteiger partial charge in [0.2, 0.25) is 0 Å². The van der Waals surface area contributed by atoms with E-state index in [1.807, 2.05) is 31.2 Å². The van der Waals surface area contributed by atoms with Crippen LogP contribution in [0.25, 0.3) is 5.69 Å². The lowest BCUT2D eigenvalue weighted by molar-refractivity contribution is -0.113. The minimum atomic E-state index is -0.375. The van der Waals surface area contributed by atoms with E-state index in [4.69, 9.17) is 0 Å². The Hall–Kier alpha value is -4.14. The number of nitrogens with zero attached hydrogens (tertiary/aromatic N) is 6. The number of rotatable bonds is 6. The molecule has 2 aromatic carbocycles. The molecule has 9 nitrogen and oxygen atoms in total. The normalized spacial score (nSPS) is 12.5. The topological polar surface area (TPSA) is 114 Å². The maximum Gasteiger partial charge on any atom is 0.371 e. The lowest BCUT2D eigenvalue weighted by Crippen LogP contribution is -2.21. The van der Waals surface area contributed by atoms with Crippen molar-refractivity contribution in [2.75, 3.05) is 0 Å². The van der Waals surface area contributed by atoms with Crippen molar-refractivity contribution in [1.29, 1.82) is 0 Å². The third-order valence-corrected chi connectivity index (χ3v) is 4.32. The maximum atomic E-state index is 12.7. The number of aliphatic hydroxyl groups is 1. The number of ketones is 1. The van der Waals surface area contributed by atoms with Gasteiger partial charge in [0, 0.05) is 6.92 Å². The Morgan fingerprint density at radius 1 is 1.10 bits per heavy atom. The fourth-order valence-corrected chi connectivity index (χ4v) is 2.78. The van der Waals surface area contributed by atoms with Crippen molar-refractivity contribution in [1.82, 2.24) is 14.5 Å². The van der Waals surface area contributed by atoms with E-state index in [1.54, 1.807) is 31.2 Å². The number of aromatic nitrogens is 3. The van der Waals surface area contributed by atoms with Crippen LogP contribution < -0.4 is 5.69 Å². The molecule has 0 aliphatic heterocycles. The molecular weight excluding hydrogens is 396 g/mol. The van der Waals surface area contributed by atoms with E-state index >= 15 is 0 Å². The third-order valence-electron chi connectivity index (χ3n) is 4.32. The van der Waals surface area contributed by atoms with Crippen LogP contribution in [0.15, 0.2) is 80.1 Å². The molecular formula is C22H22N6O3. The molecule has 0 atom stereocenters. The van der Waals surface area contributed by atoms with Crippen molar-refractivity contribution in [2.24, 2.45) is 15.3 Å². The van der Waals surface area contributed by atoms with Crippen molar-refractivity contribution >= 4 is 17.7 Å². The molecule has 0 saturated carbocycles. The smallest absolute Gasteiger partial charge is 0.371 e. The van der Waals surface area contributed by atoms with E-state index in [-0.39, 0.29) is 22.9 Å². The Kier molecular flexibility index (Phi) is 6.35. The second-order valence-corrected chi connectivity index (χ2v) is 6.92. The summed E-state index contributed by atoms with van der Waals surface area (Å²) in [6.07, 6.45) is 1.54. The average molecular weight is 418 g/mol. The van der Waals surface area contributed by atoms with Crippen LogP contribution in [0.1, 0.15) is 30.8 Å². The summed E-state index contributed by atoms with van der Waals surface area (Å²) >= 11 is 0. The van der Waals surface area contributed by atoms with Crippen LogP contribution in [0.3, 0.4) is 0 Å². The van der Waals surface area contributed by atoms with Crippen molar-refractivity contribution in [3.05, 3.63) is 87.4 Å². The van der Waals surface area contributed by atoms with E-state index in [1.165, 1.54) is 29.4 Å². The Labute approximate surface area is 178 Å². The molecule has 3 aromatic rings. The zero-order valence-electron chi connectivity index (χ0n) is 17.6. The molecule has 0 bridgehead atoms. The van der Waals surface area contributed by atoms with Gasteiger partial charge in [-0.25, -0.2) is 4.79 Å². The van der Waals surface area contributed by atoms with Gasteiger partial charge in [-0.05, 0) is 56.2 Å². The van der Waals surface area contributed by atoms with Gasteiger partial charge < -0.3 is 5.11 Å². The highest BCUT2D eigenvalue weighted by molar-refractivity contribution is 5.93. The van der Waals surface area contributed by atoms with Gasteiger partial charge in [-0.1, -0.05) is 24.3 Å². The number of hydrogen-bond donors (Lipinski definition) is 1. The fourth-order valence-electron chi connectivity index (χ4n) is 2.78. The number of carbonyl (C=O) groups excluding carboxylic acids is 1. The minimum absolute atomic E-state index is 0.0916. The molecule has 9 heteroatoms. The largest absolute Gasteiger partial charge is 0.510 e. The monoisotopic (exact) mass is 418 g/mol. The number of azo groups is 1. The van der Waals surface area contributed by atoms with Crippen molar-refractivity contribution in [3.8, 4) is 5.69 Å². The molecule has 0 saturated heterocycles. The van der Waals surface area contributed by atoms with E-state index in [2.05, 4.69) is 20.4 Å². The summed E-state index contributed by atoms with van der Waals surface area (Å²) < 4.78 is 2.54. The first-order valence-electron chi connectivity index (χ1n) is 9.49. The molecule has 1 heterocycles. The van der Waals surface area contributed by atoms with Crippen LogP contribution in [-0.2, 0) is 4.79 Å². The number of allylic oxidation sites excluding steroid dienone is 2. The van der Waals surface area contributed by atoms with Gasteiger partial charge in [-0.2, -0.15) is 19.6 Å². The van der Waals surface area contributed by atoms with Crippen LogP contribution in [0.4, 0.5) is 5.69 Å². The van der Waals surface area contributed by atoms with Gasteiger partial charge in [0.15, 0.2) is 17.3 Å². The van der Waals surface area contributed by atoms with Crippen LogP contribution in [0.2, 0.25) is 0 Å². The predicted octanol–water partition coefficient (Wildman–Crippen LogP) is 4.00. The van der Waals surface area contributed by atoms with Crippen molar-refractivity contribution < 1.29 is 9.90 Å². The molecule has 0 aliphatic carbocycles. The number of aliphatic hydroxyl groups excluding tert-OH is 1. The van der Waals surface area contributed by atoms with E-state index < -0.39 is 0 Å². The summed E-state index contributed by atoms with van der Waals surface area (Å²) in [6.45, 7) is 6.33. The van der Waals surface area contributed by atoms with E-state index in [0.717, 1.165) is 11.1 Å². The van der Waals surface area contributed by atoms with Crippen LogP contribution in [-0.4, -0.2) is 31.6 Å². The van der Waals surface area contributed by atoms with Crippen LogP contribution >= 0.6 is 0 Å². The first-order chi connectivity index (χ1) is 14.8. The number of Topliss-reactive ketones (excluding diaryl/α,β-unsaturated/α-hetero) is 1. The Bertz CT molecular complexity index is 1260. The molecule has 0 radical (unpaired) electrons. The zero-order chi connectivity index (χ0) is 22.5. The SMILES string of the molecule is CC(=O)/C(N=Nc1ccc(/C=N/n2c(C)nn(-c3cccc(C)c3)c2=O)cc1)=C(\C)O. The molecule has 158 valence electrons. The van der Waals surface area contributed by atoms with Crippen molar-refractivity contribution in [2.45, 2.75) is 27.7 Å². The van der Waals surface area contributed by atoms with Gasteiger partial charge in [0.25, 0.3) is 0 Å². The van der Waals surface area contributed by atoms with Gasteiger partial charge in [0.05, 0.1) is 17.6 Å². The van der Waals surface area contributed by atoms with Crippen molar-refractivity contribution in [3.63, 3.8) is 0 Å². The summed E-state index contributed by atoms with van der Waals surface area (Å²) in [6, 6.07) is 14.3. The molecule has 0 fully saturated rings. The Balaban J connectivity index is 1.81.